The number of carbonyl (C=O) groups is 1. The van der Waals surface area contributed by atoms with Gasteiger partial charge < -0.3 is 20.1 Å². The van der Waals surface area contributed by atoms with Gasteiger partial charge >= 0.3 is 6.09 Å². The average Bonchev–Trinajstić information content (AvgIpc) is 3.27. The summed E-state index contributed by atoms with van der Waals surface area (Å²) in [6.45, 7) is 0.765. The maximum atomic E-state index is 11.9. The van der Waals surface area contributed by atoms with Crippen molar-refractivity contribution in [3.05, 3.63) is 42.2 Å². The van der Waals surface area contributed by atoms with Crippen molar-refractivity contribution >= 4 is 17.6 Å². The number of anilines is 2. The second-order valence-corrected chi connectivity index (χ2v) is 6.42. The van der Waals surface area contributed by atoms with Crippen LogP contribution in [0.5, 0.6) is 5.88 Å². The van der Waals surface area contributed by atoms with Crippen molar-refractivity contribution in [2.75, 3.05) is 18.5 Å². The number of alkyl carbamates (subject to hydrolysis) is 1. The van der Waals surface area contributed by atoms with Gasteiger partial charge in [-0.1, -0.05) is 6.08 Å². The molecule has 0 aromatic carbocycles. The molecule has 1 aliphatic carbocycles. The fraction of sp³-hybridized carbons (Fsp3) is 0.389. The van der Waals surface area contributed by atoms with E-state index in [9.17, 15) is 4.79 Å². The summed E-state index contributed by atoms with van der Waals surface area (Å²) in [6.07, 6.45) is 7.52. The van der Waals surface area contributed by atoms with Gasteiger partial charge in [-0.05, 0) is 31.4 Å². The number of carbonyl (C=O) groups excluding carboxylic acids is 1. The topological polar surface area (TPSA) is 101 Å². The molecule has 2 aliphatic rings. The van der Waals surface area contributed by atoms with Crippen LogP contribution in [-0.4, -0.2) is 40.5 Å². The summed E-state index contributed by atoms with van der Waals surface area (Å²) >= 11 is 0. The first-order valence-electron chi connectivity index (χ1n) is 8.77. The smallest absolute Gasteiger partial charge is 0.407 e. The molecule has 136 valence electrons. The minimum Gasteiger partial charge on any atom is -0.473 e. The number of fused-ring (bicyclic) bond motifs is 7. The molecular formula is C18H21N5O3. The zero-order valence-electron chi connectivity index (χ0n) is 14.3. The number of nitrogens with zero attached hydrogens (tertiary/aromatic N) is 2. The van der Waals surface area contributed by atoms with Crippen molar-refractivity contribution in [3.8, 4) is 5.88 Å². The molecule has 0 spiro atoms. The second kappa shape index (κ2) is 7.47. The van der Waals surface area contributed by atoms with Gasteiger partial charge in [-0.15, -0.1) is 0 Å². The zero-order valence-corrected chi connectivity index (χ0v) is 14.3. The Hall–Kier alpha value is -3.03. The maximum absolute atomic E-state index is 11.9. The highest BCUT2D eigenvalue weighted by molar-refractivity contribution is 5.67. The third kappa shape index (κ3) is 3.96. The normalized spacial score (nSPS) is 24.2. The molecule has 1 aliphatic heterocycles. The zero-order chi connectivity index (χ0) is 17.8. The van der Waals surface area contributed by atoms with E-state index in [0.717, 1.165) is 36.5 Å². The molecule has 1 amide bonds. The Morgan fingerprint density at radius 1 is 1.19 bits per heavy atom. The number of hydrogen-bond acceptors (Lipinski definition) is 6. The number of aromatic amines is 1. The lowest BCUT2D eigenvalue weighted by molar-refractivity contribution is 0.101. The van der Waals surface area contributed by atoms with Gasteiger partial charge in [0.2, 0.25) is 5.88 Å². The molecule has 2 atom stereocenters. The highest BCUT2D eigenvalue weighted by Crippen LogP contribution is 2.36. The van der Waals surface area contributed by atoms with Crippen LogP contribution in [0.25, 0.3) is 0 Å². The van der Waals surface area contributed by atoms with Gasteiger partial charge in [0.1, 0.15) is 12.7 Å². The largest absolute Gasteiger partial charge is 0.473 e. The Balaban J connectivity index is 1.54. The van der Waals surface area contributed by atoms with Crippen LogP contribution < -0.4 is 15.4 Å². The van der Waals surface area contributed by atoms with Crippen LogP contribution >= 0.6 is 0 Å². The van der Waals surface area contributed by atoms with E-state index in [0.29, 0.717) is 24.9 Å². The van der Waals surface area contributed by atoms with Crippen LogP contribution in [-0.2, 0) is 4.74 Å². The van der Waals surface area contributed by atoms with Gasteiger partial charge in [0.25, 0.3) is 0 Å². The lowest BCUT2D eigenvalue weighted by Gasteiger charge is -2.12. The Kier molecular flexibility index (Phi) is 4.72. The molecule has 2 aromatic heterocycles. The van der Waals surface area contributed by atoms with Gasteiger partial charge in [-0.25, -0.2) is 9.78 Å². The molecule has 4 rings (SSSR count). The van der Waals surface area contributed by atoms with Crippen LogP contribution in [0.3, 0.4) is 0 Å². The number of aromatic nitrogens is 3. The monoisotopic (exact) mass is 355 g/mol. The summed E-state index contributed by atoms with van der Waals surface area (Å²) in [4.78, 5) is 16.1. The molecule has 3 heterocycles. The molecule has 8 heteroatoms. The molecule has 0 saturated heterocycles. The Bertz CT molecular complexity index is 804. The quantitative estimate of drug-likeness (QED) is 0.628. The predicted octanol–water partition coefficient (Wildman–Crippen LogP) is 2.86. The van der Waals surface area contributed by atoms with Gasteiger partial charge in [0.15, 0.2) is 5.82 Å². The highest BCUT2D eigenvalue weighted by atomic mass is 16.6. The number of H-pyrrole nitrogens is 1. The van der Waals surface area contributed by atoms with E-state index in [4.69, 9.17) is 9.47 Å². The highest BCUT2D eigenvalue weighted by Gasteiger charge is 2.29. The van der Waals surface area contributed by atoms with E-state index in [-0.39, 0.29) is 12.2 Å². The van der Waals surface area contributed by atoms with Gasteiger partial charge in [0, 0.05) is 42.2 Å². The van der Waals surface area contributed by atoms with Crippen molar-refractivity contribution in [2.45, 2.75) is 31.3 Å². The number of amides is 1. The summed E-state index contributed by atoms with van der Waals surface area (Å²) < 4.78 is 11.1. The summed E-state index contributed by atoms with van der Waals surface area (Å²) in [5.41, 5.74) is 1.91. The Labute approximate surface area is 151 Å². The van der Waals surface area contributed by atoms with Crippen LogP contribution in [0.1, 0.15) is 30.9 Å². The fourth-order valence-electron chi connectivity index (χ4n) is 3.27. The van der Waals surface area contributed by atoms with Gasteiger partial charge in [-0.2, -0.15) is 5.10 Å². The first kappa shape index (κ1) is 16.4. The molecule has 0 unspecified atom stereocenters. The standard InChI is InChI=1S/C18H21N5O3/c24-18-20-6-1-2-8-25-17-10-13(5-7-19-17)21-16-11-15(22-23-16)12-3-4-14(9-12)26-18/h1-2,5,7,10-12,14H,3-4,6,8-9H2,(H,20,24)(H2,21,22,23)/b2-1+/t12-,14+/m0/s1. The summed E-state index contributed by atoms with van der Waals surface area (Å²) in [5.74, 6) is 1.56. The van der Waals surface area contributed by atoms with Crippen LogP contribution in [0.2, 0.25) is 0 Å². The lowest BCUT2D eigenvalue weighted by atomic mass is 10.0. The van der Waals surface area contributed by atoms with Crippen LogP contribution in [0.15, 0.2) is 36.5 Å². The number of nitrogens with one attached hydrogen (secondary N) is 3. The van der Waals surface area contributed by atoms with E-state index in [1.807, 2.05) is 30.4 Å². The third-order valence-electron chi connectivity index (χ3n) is 4.56. The number of rotatable bonds is 0. The number of pyridine rings is 1. The van der Waals surface area contributed by atoms with E-state index >= 15 is 0 Å². The van der Waals surface area contributed by atoms with E-state index in [1.54, 1.807) is 6.20 Å². The van der Waals surface area contributed by atoms with Crippen molar-refractivity contribution in [3.63, 3.8) is 0 Å². The molecule has 3 N–H and O–H groups in total. The molecule has 26 heavy (non-hydrogen) atoms. The van der Waals surface area contributed by atoms with Crippen molar-refractivity contribution in [1.82, 2.24) is 20.5 Å². The Morgan fingerprint density at radius 2 is 2.15 bits per heavy atom. The molecule has 0 radical (unpaired) electrons. The lowest BCUT2D eigenvalue weighted by Crippen LogP contribution is -2.28. The minimum absolute atomic E-state index is 0.0614. The molecular weight excluding hydrogens is 334 g/mol. The SMILES string of the molecule is O=C1NC/C=C/COc2cc(ccn2)Nc2cc([nH]n2)[C@H]2CC[C@H](C2)O1. The summed E-state index contributed by atoms with van der Waals surface area (Å²) in [6, 6.07) is 5.69. The van der Waals surface area contributed by atoms with Gasteiger partial charge in [-0.3, -0.25) is 5.10 Å². The first-order valence-corrected chi connectivity index (χ1v) is 8.77. The molecule has 2 aromatic rings. The predicted molar refractivity (Wildman–Crippen MR) is 95.6 cm³/mol. The molecule has 1 saturated carbocycles. The fourth-order valence-corrected chi connectivity index (χ4v) is 3.27. The maximum Gasteiger partial charge on any atom is 0.407 e. The molecule has 8 nitrogen and oxygen atoms in total. The average molecular weight is 355 g/mol. The molecule has 1 fully saturated rings. The summed E-state index contributed by atoms with van der Waals surface area (Å²) in [5, 5.41) is 13.4. The molecule has 6 bridgehead atoms. The summed E-state index contributed by atoms with van der Waals surface area (Å²) in [7, 11) is 0. The first-order chi connectivity index (χ1) is 12.8. The Morgan fingerprint density at radius 3 is 3.12 bits per heavy atom. The van der Waals surface area contributed by atoms with E-state index in [1.165, 1.54) is 0 Å². The van der Waals surface area contributed by atoms with Gasteiger partial charge in [0.05, 0.1) is 0 Å². The van der Waals surface area contributed by atoms with Crippen molar-refractivity contribution in [2.24, 2.45) is 0 Å². The second-order valence-electron chi connectivity index (χ2n) is 6.42. The van der Waals surface area contributed by atoms with Crippen LogP contribution in [0.4, 0.5) is 16.3 Å². The number of ether oxygens (including phenoxy) is 2. The minimum atomic E-state index is -0.385. The van der Waals surface area contributed by atoms with E-state index < -0.39 is 0 Å². The van der Waals surface area contributed by atoms with Crippen LogP contribution in [0, 0.1) is 0 Å². The third-order valence-corrected chi connectivity index (χ3v) is 4.56. The van der Waals surface area contributed by atoms with E-state index in [2.05, 4.69) is 25.8 Å². The van der Waals surface area contributed by atoms with Crippen molar-refractivity contribution in [1.29, 1.82) is 0 Å². The number of hydrogen-bond donors (Lipinski definition) is 3. The van der Waals surface area contributed by atoms with Crippen molar-refractivity contribution < 1.29 is 14.3 Å².